The van der Waals surface area contributed by atoms with Crippen LogP contribution < -0.4 is 15.8 Å². The molecule has 3 saturated heterocycles. The van der Waals surface area contributed by atoms with Gasteiger partial charge in [0.1, 0.15) is 12.4 Å². The van der Waals surface area contributed by atoms with Crippen LogP contribution in [0.3, 0.4) is 0 Å². The largest absolute Gasteiger partial charge is 0.406 e. The van der Waals surface area contributed by atoms with E-state index in [9.17, 15) is 18.0 Å². The van der Waals surface area contributed by atoms with Gasteiger partial charge in [-0.2, -0.15) is 13.2 Å². The molecular weight excluding hydrogens is 421 g/mol. The Morgan fingerprint density at radius 3 is 2.72 bits per heavy atom. The third-order valence-electron chi connectivity index (χ3n) is 7.76. The fourth-order valence-corrected chi connectivity index (χ4v) is 6.17. The molecule has 0 bridgehead atoms. The number of pyridine rings is 1. The normalized spacial score (nSPS) is 33.9. The van der Waals surface area contributed by atoms with Gasteiger partial charge in [-0.15, -0.1) is 0 Å². The van der Waals surface area contributed by atoms with Crippen molar-refractivity contribution in [1.29, 1.82) is 0 Å². The molecule has 4 fully saturated rings. The molecule has 0 aromatic carbocycles. The van der Waals surface area contributed by atoms with Crippen molar-refractivity contribution < 1.29 is 18.0 Å². The summed E-state index contributed by atoms with van der Waals surface area (Å²) in [7, 11) is 2.10. The molecule has 1 saturated carbocycles. The molecule has 1 aliphatic carbocycles. The van der Waals surface area contributed by atoms with E-state index in [0.717, 1.165) is 55.3 Å². The average molecular weight is 453 g/mol. The molecule has 1 amide bonds. The number of aromatic nitrogens is 1. The SMILES string of the molecule is CN1CCN(c2ncccc2C2CCC3C4NNCC4C(=O)N(CC(F)(F)F)C3C2)CC1. The Morgan fingerprint density at radius 2 is 1.97 bits per heavy atom. The van der Waals surface area contributed by atoms with Crippen LogP contribution in [0.2, 0.25) is 0 Å². The number of halogens is 3. The van der Waals surface area contributed by atoms with Gasteiger partial charge in [0.2, 0.25) is 5.91 Å². The van der Waals surface area contributed by atoms with Gasteiger partial charge >= 0.3 is 6.18 Å². The van der Waals surface area contributed by atoms with Crippen molar-refractivity contribution in [3.05, 3.63) is 23.9 Å². The Morgan fingerprint density at radius 1 is 1.19 bits per heavy atom. The fraction of sp³-hybridized carbons (Fsp3) is 0.727. The number of fused-ring (bicyclic) bond motifs is 3. The maximum Gasteiger partial charge on any atom is 0.406 e. The molecule has 3 aliphatic heterocycles. The molecule has 10 heteroatoms. The Balaban J connectivity index is 1.42. The van der Waals surface area contributed by atoms with E-state index in [4.69, 9.17) is 0 Å². The van der Waals surface area contributed by atoms with Crippen molar-refractivity contribution >= 4 is 11.7 Å². The molecule has 0 radical (unpaired) electrons. The summed E-state index contributed by atoms with van der Waals surface area (Å²) in [6, 6.07) is 3.47. The molecular formula is C22H31F3N6O. The minimum absolute atomic E-state index is 0.0232. The monoisotopic (exact) mass is 452 g/mol. The van der Waals surface area contributed by atoms with Crippen LogP contribution in [-0.2, 0) is 4.79 Å². The lowest BCUT2D eigenvalue weighted by Gasteiger charge is -2.50. The Bertz CT molecular complexity index is 843. The molecule has 32 heavy (non-hydrogen) atoms. The van der Waals surface area contributed by atoms with Crippen LogP contribution in [0.1, 0.15) is 30.7 Å². The number of likely N-dealkylation sites (tertiary alicyclic amines) is 1. The van der Waals surface area contributed by atoms with E-state index in [-0.39, 0.29) is 23.8 Å². The first-order chi connectivity index (χ1) is 15.3. The highest BCUT2D eigenvalue weighted by Gasteiger charge is 2.54. The molecule has 5 unspecified atom stereocenters. The second-order valence-corrected chi connectivity index (χ2v) is 9.69. The first-order valence-corrected chi connectivity index (χ1v) is 11.6. The third kappa shape index (κ3) is 4.08. The van der Waals surface area contributed by atoms with Gasteiger partial charge in [-0.25, -0.2) is 4.98 Å². The van der Waals surface area contributed by atoms with E-state index < -0.39 is 24.7 Å². The number of nitrogens with one attached hydrogen (secondary N) is 2. The fourth-order valence-electron chi connectivity index (χ4n) is 6.17. The van der Waals surface area contributed by atoms with Crippen molar-refractivity contribution in [3.8, 4) is 0 Å². The lowest BCUT2D eigenvalue weighted by atomic mass is 9.67. The summed E-state index contributed by atoms with van der Waals surface area (Å²) in [4.78, 5) is 23.4. The number of nitrogens with zero attached hydrogens (tertiary/aromatic N) is 4. The highest BCUT2D eigenvalue weighted by Crippen LogP contribution is 2.46. The Hall–Kier alpha value is -1.91. The van der Waals surface area contributed by atoms with Crippen molar-refractivity contribution in [2.45, 2.75) is 43.4 Å². The summed E-state index contributed by atoms with van der Waals surface area (Å²) in [5, 5.41) is 0. The van der Waals surface area contributed by atoms with Crippen LogP contribution in [0, 0.1) is 11.8 Å². The maximum atomic E-state index is 13.4. The number of rotatable bonds is 3. The van der Waals surface area contributed by atoms with Gasteiger partial charge in [0.15, 0.2) is 0 Å². The van der Waals surface area contributed by atoms with Crippen molar-refractivity contribution in [2.75, 3.05) is 51.2 Å². The summed E-state index contributed by atoms with van der Waals surface area (Å²) in [5.41, 5.74) is 7.31. The molecule has 1 aromatic heterocycles. The Labute approximate surface area is 186 Å². The minimum Gasteiger partial charge on any atom is -0.354 e. The second-order valence-electron chi connectivity index (χ2n) is 9.69. The summed E-state index contributed by atoms with van der Waals surface area (Å²) < 4.78 is 40.3. The van der Waals surface area contributed by atoms with Crippen LogP contribution >= 0.6 is 0 Å². The predicted octanol–water partition coefficient (Wildman–Crippen LogP) is 1.58. The van der Waals surface area contributed by atoms with Gasteiger partial charge in [-0.05, 0) is 49.8 Å². The van der Waals surface area contributed by atoms with Crippen LogP contribution in [0.4, 0.5) is 19.0 Å². The topological polar surface area (TPSA) is 63.7 Å². The number of anilines is 1. The van der Waals surface area contributed by atoms with Gasteiger partial charge in [-0.3, -0.25) is 15.6 Å². The molecule has 4 aliphatic rings. The molecule has 0 spiro atoms. The van der Waals surface area contributed by atoms with E-state index in [1.54, 1.807) is 6.20 Å². The first kappa shape index (κ1) is 21.9. The van der Waals surface area contributed by atoms with Crippen LogP contribution in [-0.4, -0.2) is 85.3 Å². The number of likely N-dealkylation sites (N-methyl/N-ethyl adjacent to an activating group) is 1. The minimum atomic E-state index is -4.40. The van der Waals surface area contributed by atoms with E-state index in [0.29, 0.717) is 13.0 Å². The lowest BCUT2D eigenvalue weighted by molar-refractivity contribution is -0.178. The number of hydrazine groups is 1. The number of alkyl halides is 3. The van der Waals surface area contributed by atoms with Gasteiger partial charge in [0, 0.05) is 51.0 Å². The summed E-state index contributed by atoms with van der Waals surface area (Å²) in [5.74, 6) is 0.267. The number of hydrogen-bond donors (Lipinski definition) is 2. The van der Waals surface area contributed by atoms with Gasteiger partial charge in [0.25, 0.3) is 0 Å². The van der Waals surface area contributed by atoms with Crippen LogP contribution in [0.25, 0.3) is 0 Å². The van der Waals surface area contributed by atoms with Crippen molar-refractivity contribution in [2.24, 2.45) is 11.8 Å². The Kier molecular flexibility index (Phi) is 5.79. The molecule has 5 atom stereocenters. The second kappa shape index (κ2) is 8.46. The quantitative estimate of drug-likeness (QED) is 0.726. The molecule has 5 rings (SSSR count). The average Bonchev–Trinajstić information content (AvgIpc) is 3.26. The predicted molar refractivity (Wildman–Crippen MR) is 114 cm³/mol. The number of amides is 1. The van der Waals surface area contributed by atoms with Crippen LogP contribution in [0.5, 0.6) is 0 Å². The maximum absolute atomic E-state index is 13.4. The molecule has 2 N–H and O–H groups in total. The lowest BCUT2D eigenvalue weighted by Crippen LogP contribution is -2.63. The van der Waals surface area contributed by atoms with E-state index in [2.05, 4.69) is 38.7 Å². The summed E-state index contributed by atoms with van der Waals surface area (Å²) in [6.45, 7) is 2.92. The zero-order valence-corrected chi connectivity index (χ0v) is 18.3. The molecule has 4 heterocycles. The number of carbonyl (C=O) groups excluding carboxylic acids is 1. The van der Waals surface area contributed by atoms with Gasteiger partial charge in [-0.1, -0.05) is 6.07 Å². The number of piperidine rings is 1. The highest BCUT2D eigenvalue weighted by molar-refractivity contribution is 5.82. The summed E-state index contributed by atoms with van der Waals surface area (Å²) >= 11 is 0. The zero-order valence-electron chi connectivity index (χ0n) is 18.3. The zero-order chi connectivity index (χ0) is 22.5. The number of carbonyl (C=O) groups is 1. The van der Waals surface area contributed by atoms with Crippen LogP contribution in [0.15, 0.2) is 18.3 Å². The number of piperazine rings is 1. The molecule has 7 nitrogen and oxygen atoms in total. The van der Waals surface area contributed by atoms with Gasteiger partial charge in [0.05, 0.1) is 5.92 Å². The molecule has 176 valence electrons. The third-order valence-corrected chi connectivity index (χ3v) is 7.76. The van der Waals surface area contributed by atoms with E-state index >= 15 is 0 Å². The van der Waals surface area contributed by atoms with E-state index in [1.165, 1.54) is 0 Å². The van der Waals surface area contributed by atoms with Crippen molar-refractivity contribution in [1.82, 2.24) is 25.6 Å². The number of hydrogen-bond acceptors (Lipinski definition) is 6. The van der Waals surface area contributed by atoms with Crippen molar-refractivity contribution in [3.63, 3.8) is 0 Å². The van der Waals surface area contributed by atoms with E-state index in [1.807, 2.05) is 6.07 Å². The first-order valence-electron chi connectivity index (χ1n) is 11.6. The standard InChI is InChI=1S/C22H31F3N6O/c1-29-7-9-30(10-8-29)20-15(3-2-6-26-20)14-4-5-16-18(11-14)31(13-22(23,24)25)21(32)17-12-27-28-19(16)17/h2-3,6,14,16-19,27-28H,4-5,7-13H2,1H3. The van der Waals surface area contributed by atoms with Gasteiger partial charge < -0.3 is 14.7 Å². The molecule has 1 aromatic rings. The highest BCUT2D eigenvalue weighted by atomic mass is 19.4. The summed E-state index contributed by atoms with van der Waals surface area (Å²) in [6.07, 6.45) is -0.374. The smallest absolute Gasteiger partial charge is 0.354 e.